The number of nitriles is 1. The molecule has 0 aliphatic carbocycles. The standard InChI is InChI=1S/C30H19N3S/c31-20-21-5-9-24(10-6-21)33(25-11-7-22(8-12-25)23-15-17-32-18-16-23)26-13-14-30-28(19-26)27-3-1-2-4-29(27)34-30/h1-19H. The van der Waals surface area contributed by atoms with E-state index in [9.17, 15) is 5.26 Å². The molecule has 0 fully saturated rings. The number of rotatable bonds is 4. The highest BCUT2D eigenvalue weighted by atomic mass is 32.1. The van der Waals surface area contributed by atoms with Crippen molar-refractivity contribution in [3.8, 4) is 17.2 Å². The van der Waals surface area contributed by atoms with E-state index in [4.69, 9.17) is 0 Å². The van der Waals surface area contributed by atoms with Gasteiger partial charge in [-0.2, -0.15) is 5.26 Å². The first-order valence-electron chi connectivity index (χ1n) is 11.0. The molecule has 3 nitrogen and oxygen atoms in total. The van der Waals surface area contributed by atoms with Crippen molar-refractivity contribution in [3.05, 3.63) is 121 Å². The Morgan fingerprint density at radius 2 is 1.24 bits per heavy atom. The number of hydrogen-bond acceptors (Lipinski definition) is 4. The molecule has 34 heavy (non-hydrogen) atoms. The lowest BCUT2D eigenvalue weighted by atomic mass is 10.1. The van der Waals surface area contributed by atoms with Crippen LogP contribution in [0.3, 0.4) is 0 Å². The van der Waals surface area contributed by atoms with Gasteiger partial charge in [-0.1, -0.05) is 30.3 Å². The van der Waals surface area contributed by atoms with Gasteiger partial charge < -0.3 is 4.90 Å². The highest BCUT2D eigenvalue weighted by Crippen LogP contribution is 2.40. The molecular weight excluding hydrogens is 434 g/mol. The second-order valence-corrected chi connectivity index (χ2v) is 9.14. The van der Waals surface area contributed by atoms with Crippen LogP contribution >= 0.6 is 11.3 Å². The van der Waals surface area contributed by atoms with Gasteiger partial charge in [-0.05, 0) is 83.9 Å². The van der Waals surface area contributed by atoms with Gasteiger partial charge in [0.2, 0.25) is 0 Å². The van der Waals surface area contributed by atoms with Gasteiger partial charge in [-0.15, -0.1) is 11.3 Å². The van der Waals surface area contributed by atoms with Gasteiger partial charge in [0, 0.05) is 49.6 Å². The Hall–Kier alpha value is -4.46. The zero-order valence-corrected chi connectivity index (χ0v) is 19.0. The Kier molecular flexibility index (Phi) is 5.03. The van der Waals surface area contributed by atoms with Crippen LogP contribution in [0.5, 0.6) is 0 Å². The fraction of sp³-hybridized carbons (Fsp3) is 0. The number of aromatic nitrogens is 1. The second kappa shape index (κ2) is 8.47. The maximum absolute atomic E-state index is 9.27. The summed E-state index contributed by atoms with van der Waals surface area (Å²) < 4.78 is 2.57. The molecule has 2 heterocycles. The van der Waals surface area contributed by atoms with Gasteiger partial charge in [0.05, 0.1) is 11.6 Å². The van der Waals surface area contributed by atoms with Crippen molar-refractivity contribution >= 4 is 48.6 Å². The first kappa shape index (κ1) is 20.2. The van der Waals surface area contributed by atoms with Gasteiger partial charge in [0.25, 0.3) is 0 Å². The monoisotopic (exact) mass is 453 g/mol. The van der Waals surface area contributed by atoms with Crippen molar-refractivity contribution in [3.63, 3.8) is 0 Å². The minimum Gasteiger partial charge on any atom is -0.310 e. The van der Waals surface area contributed by atoms with Crippen molar-refractivity contribution in [2.75, 3.05) is 4.90 Å². The SMILES string of the molecule is N#Cc1ccc(N(c2ccc(-c3ccncc3)cc2)c2ccc3sc4ccccc4c3c2)cc1. The molecule has 2 aromatic heterocycles. The Bertz CT molecular complexity index is 1640. The van der Waals surface area contributed by atoms with E-state index in [2.05, 4.69) is 82.7 Å². The Labute approximate surface area is 201 Å². The van der Waals surface area contributed by atoms with E-state index in [1.165, 1.54) is 20.2 Å². The normalized spacial score (nSPS) is 10.9. The van der Waals surface area contributed by atoms with Crippen LogP contribution in [-0.2, 0) is 0 Å². The summed E-state index contributed by atoms with van der Waals surface area (Å²) in [5.41, 5.74) is 6.08. The molecule has 6 aromatic rings. The fourth-order valence-corrected chi connectivity index (χ4v) is 5.42. The Balaban J connectivity index is 1.50. The maximum atomic E-state index is 9.27. The predicted octanol–water partition coefficient (Wildman–Crippen LogP) is 8.46. The fourth-order valence-electron chi connectivity index (χ4n) is 4.33. The summed E-state index contributed by atoms with van der Waals surface area (Å²) in [6.07, 6.45) is 3.62. The molecule has 4 aromatic carbocycles. The average Bonchev–Trinajstić information content (AvgIpc) is 3.28. The van der Waals surface area contributed by atoms with Crippen LogP contribution in [0.1, 0.15) is 5.56 Å². The molecule has 0 saturated heterocycles. The topological polar surface area (TPSA) is 39.9 Å². The lowest BCUT2D eigenvalue weighted by Gasteiger charge is -2.26. The Morgan fingerprint density at radius 1 is 0.618 bits per heavy atom. The molecule has 0 aliphatic rings. The number of thiophene rings is 1. The zero-order chi connectivity index (χ0) is 22.9. The minimum atomic E-state index is 0.649. The smallest absolute Gasteiger partial charge is 0.0991 e. The molecule has 0 bridgehead atoms. The lowest BCUT2D eigenvalue weighted by Crippen LogP contribution is -2.09. The molecule has 6 rings (SSSR count). The zero-order valence-electron chi connectivity index (χ0n) is 18.2. The summed E-state index contributed by atoms with van der Waals surface area (Å²) >= 11 is 1.82. The van der Waals surface area contributed by atoms with Crippen molar-refractivity contribution in [2.24, 2.45) is 0 Å². The first-order chi connectivity index (χ1) is 16.8. The van der Waals surface area contributed by atoms with Gasteiger partial charge in [0.1, 0.15) is 0 Å². The minimum absolute atomic E-state index is 0.649. The summed E-state index contributed by atoms with van der Waals surface area (Å²) in [4.78, 5) is 6.36. The molecule has 160 valence electrons. The largest absolute Gasteiger partial charge is 0.310 e. The van der Waals surface area contributed by atoms with Gasteiger partial charge in [-0.3, -0.25) is 4.98 Å². The van der Waals surface area contributed by atoms with E-state index in [1.54, 1.807) is 0 Å². The van der Waals surface area contributed by atoms with E-state index in [-0.39, 0.29) is 0 Å². The van der Waals surface area contributed by atoms with E-state index < -0.39 is 0 Å². The van der Waals surface area contributed by atoms with Crippen molar-refractivity contribution in [1.82, 2.24) is 4.98 Å². The first-order valence-corrected chi connectivity index (χ1v) is 11.8. The summed E-state index contributed by atoms with van der Waals surface area (Å²) in [5, 5.41) is 11.8. The lowest BCUT2D eigenvalue weighted by molar-refractivity contribution is 1.28. The van der Waals surface area contributed by atoms with E-state index in [0.717, 1.165) is 28.2 Å². The number of nitrogens with zero attached hydrogens (tertiary/aromatic N) is 3. The molecule has 0 N–H and O–H groups in total. The maximum Gasteiger partial charge on any atom is 0.0991 e. The molecule has 0 atom stereocenters. The number of hydrogen-bond donors (Lipinski definition) is 0. The van der Waals surface area contributed by atoms with E-state index >= 15 is 0 Å². The van der Waals surface area contributed by atoms with E-state index in [1.807, 2.05) is 60.1 Å². The van der Waals surface area contributed by atoms with Crippen LogP contribution < -0.4 is 4.90 Å². The number of fused-ring (bicyclic) bond motifs is 3. The van der Waals surface area contributed by atoms with Gasteiger partial charge >= 0.3 is 0 Å². The third kappa shape index (κ3) is 3.59. The predicted molar refractivity (Wildman–Crippen MR) is 142 cm³/mol. The van der Waals surface area contributed by atoms with Crippen LogP contribution in [0, 0.1) is 11.3 Å². The molecule has 0 aliphatic heterocycles. The molecule has 0 radical (unpaired) electrons. The second-order valence-electron chi connectivity index (χ2n) is 8.06. The summed E-state index contributed by atoms with van der Waals surface area (Å²) in [6.45, 7) is 0. The molecular formula is C30H19N3S. The summed E-state index contributed by atoms with van der Waals surface area (Å²) in [6, 6.07) is 37.8. The third-order valence-corrected chi connectivity index (χ3v) is 7.16. The van der Waals surface area contributed by atoms with Crippen molar-refractivity contribution < 1.29 is 0 Å². The molecule has 0 unspecified atom stereocenters. The van der Waals surface area contributed by atoms with Crippen LogP contribution in [0.4, 0.5) is 17.1 Å². The van der Waals surface area contributed by atoms with Gasteiger partial charge in [-0.25, -0.2) is 0 Å². The summed E-state index contributed by atoms with van der Waals surface area (Å²) in [5.74, 6) is 0. The summed E-state index contributed by atoms with van der Waals surface area (Å²) in [7, 11) is 0. The third-order valence-electron chi connectivity index (χ3n) is 6.01. The number of benzene rings is 4. The molecule has 4 heteroatoms. The molecule has 0 spiro atoms. The average molecular weight is 454 g/mol. The highest BCUT2D eigenvalue weighted by molar-refractivity contribution is 7.25. The Morgan fingerprint density at radius 3 is 1.97 bits per heavy atom. The molecule has 0 amide bonds. The number of pyridine rings is 1. The van der Waals surface area contributed by atoms with Crippen LogP contribution in [0.15, 0.2) is 116 Å². The quantitative estimate of drug-likeness (QED) is 0.269. The van der Waals surface area contributed by atoms with E-state index in [0.29, 0.717) is 5.56 Å². The van der Waals surface area contributed by atoms with Gasteiger partial charge in [0.15, 0.2) is 0 Å². The van der Waals surface area contributed by atoms with Crippen LogP contribution in [-0.4, -0.2) is 4.98 Å². The van der Waals surface area contributed by atoms with Crippen molar-refractivity contribution in [2.45, 2.75) is 0 Å². The van der Waals surface area contributed by atoms with Crippen molar-refractivity contribution in [1.29, 1.82) is 5.26 Å². The number of anilines is 3. The molecule has 0 saturated carbocycles. The van der Waals surface area contributed by atoms with Crippen LogP contribution in [0.2, 0.25) is 0 Å². The highest BCUT2D eigenvalue weighted by Gasteiger charge is 2.15. The van der Waals surface area contributed by atoms with Crippen LogP contribution in [0.25, 0.3) is 31.3 Å².